The zero-order valence-electron chi connectivity index (χ0n) is 14.7. The fraction of sp³-hybridized carbons (Fsp3) is 0.364. The van der Waals surface area contributed by atoms with Gasteiger partial charge in [-0.15, -0.1) is 6.58 Å². The molecule has 2 aromatic rings. The highest BCUT2D eigenvalue weighted by Crippen LogP contribution is 2.23. The Kier molecular flexibility index (Phi) is 8.12. The Bertz CT molecular complexity index is 584. The van der Waals surface area contributed by atoms with E-state index in [-0.39, 0.29) is 0 Å². The fourth-order valence-corrected chi connectivity index (χ4v) is 2.52. The molecule has 2 heteroatoms. The number of rotatable bonds is 11. The summed E-state index contributed by atoms with van der Waals surface area (Å²) in [5.74, 6) is 0.949. The summed E-state index contributed by atoms with van der Waals surface area (Å²) in [6.45, 7) is 7.88. The first-order chi connectivity index (χ1) is 11.8. The van der Waals surface area contributed by atoms with Crippen molar-refractivity contribution in [3.8, 4) is 16.9 Å². The van der Waals surface area contributed by atoms with Crippen LogP contribution in [0.5, 0.6) is 5.75 Å². The van der Waals surface area contributed by atoms with E-state index in [1.807, 2.05) is 0 Å². The van der Waals surface area contributed by atoms with Crippen molar-refractivity contribution in [1.82, 2.24) is 0 Å². The van der Waals surface area contributed by atoms with E-state index in [2.05, 4.69) is 62.0 Å². The molecule has 0 saturated carbocycles. The maximum atomic E-state index is 5.79. The minimum Gasteiger partial charge on any atom is -0.494 e. The van der Waals surface area contributed by atoms with Crippen molar-refractivity contribution in [1.29, 1.82) is 0 Å². The highest BCUT2D eigenvalue weighted by atomic mass is 16.5. The van der Waals surface area contributed by atoms with Gasteiger partial charge < -0.3 is 9.47 Å². The van der Waals surface area contributed by atoms with Crippen molar-refractivity contribution < 1.29 is 9.47 Å². The summed E-state index contributed by atoms with van der Waals surface area (Å²) in [6, 6.07) is 16.8. The number of hydrogen-bond acceptors (Lipinski definition) is 2. The van der Waals surface area contributed by atoms with Crippen LogP contribution in [-0.2, 0) is 11.3 Å². The first-order valence-electron chi connectivity index (χ1n) is 8.84. The normalized spacial score (nSPS) is 10.5. The third kappa shape index (κ3) is 6.21. The largest absolute Gasteiger partial charge is 0.494 e. The Morgan fingerprint density at radius 1 is 0.875 bits per heavy atom. The van der Waals surface area contributed by atoms with E-state index in [1.165, 1.54) is 36.0 Å². The molecule has 0 spiro atoms. The molecule has 0 radical (unpaired) electrons. The molecule has 0 bridgehead atoms. The number of hydrogen-bond donors (Lipinski definition) is 0. The minimum atomic E-state index is 0.585. The van der Waals surface area contributed by atoms with Crippen LogP contribution in [0.3, 0.4) is 0 Å². The van der Waals surface area contributed by atoms with Gasteiger partial charge in [0.25, 0.3) is 0 Å². The van der Waals surface area contributed by atoms with Crippen LogP contribution in [0, 0.1) is 0 Å². The highest BCUT2D eigenvalue weighted by molar-refractivity contribution is 5.64. The lowest BCUT2D eigenvalue weighted by Crippen LogP contribution is -1.97. The summed E-state index contributed by atoms with van der Waals surface area (Å²) in [7, 11) is 0. The molecule has 0 aliphatic carbocycles. The number of unbranched alkanes of at least 4 members (excludes halogenated alkanes) is 3. The van der Waals surface area contributed by atoms with Gasteiger partial charge in [0.05, 0.1) is 19.8 Å². The van der Waals surface area contributed by atoms with Crippen LogP contribution < -0.4 is 4.74 Å². The molecule has 0 aliphatic rings. The minimum absolute atomic E-state index is 0.585. The molecule has 0 amide bonds. The highest BCUT2D eigenvalue weighted by Gasteiger charge is 2.00. The van der Waals surface area contributed by atoms with Crippen LogP contribution in [0.15, 0.2) is 61.2 Å². The summed E-state index contributed by atoms with van der Waals surface area (Å²) in [5, 5.41) is 0. The number of benzene rings is 2. The SMILES string of the molecule is C=CCOCc1ccc(-c2ccc(OCCCCCC)cc2)cc1. The summed E-state index contributed by atoms with van der Waals surface area (Å²) in [4.78, 5) is 0. The molecule has 2 nitrogen and oxygen atoms in total. The van der Waals surface area contributed by atoms with Crippen LogP contribution in [0.25, 0.3) is 11.1 Å². The van der Waals surface area contributed by atoms with E-state index < -0.39 is 0 Å². The summed E-state index contributed by atoms with van der Waals surface area (Å²) in [5.41, 5.74) is 3.58. The van der Waals surface area contributed by atoms with E-state index >= 15 is 0 Å². The summed E-state index contributed by atoms with van der Waals surface area (Å²) >= 11 is 0. The maximum absolute atomic E-state index is 5.79. The van der Waals surface area contributed by atoms with Gasteiger partial charge in [0.1, 0.15) is 5.75 Å². The van der Waals surface area contributed by atoms with Gasteiger partial charge in [-0.2, -0.15) is 0 Å². The Balaban J connectivity index is 1.84. The standard InChI is InChI=1S/C22H28O2/c1-3-5-6-7-17-24-22-14-12-21(13-15-22)20-10-8-19(9-11-20)18-23-16-4-2/h4,8-15H,2-3,5-7,16-18H2,1H3. The molecular formula is C22H28O2. The molecule has 0 atom stereocenters. The maximum Gasteiger partial charge on any atom is 0.119 e. The first kappa shape index (κ1) is 18.3. The molecule has 0 unspecified atom stereocenters. The van der Waals surface area contributed by atoms with Gasteiger partial charge in [-0.25, -0.2) is 0 Å². The monoisotopic (exact) mass is 324 g/mol. The van der Waals surface area contributed by atoms with Gasteiger partial charge in [-0.05, 0) is 35.2 Å². The van der Waals surface area contributed by atoms with Crippen LogP contribution in [-0.4, -0.2) is 13.2 Å². The molecule has 24 heavy (non-hydrogen) atoms. The molecule has 2 aromatic carbocycles. The molecule has 0 saturated heterocycles. The Morgan fingerprint density at radius 3 is 2.17 bits per heavy atom. The predicted molar refractivity (Wildman–Crippen MR) is 101 cm³/mol. The van der Waals surface area contributed by atoms with E-state index in [9.17, 15) is 0 Å². The third-order valence-electron chi connectivity index (χ3n) is 3.91. The van der Waals surface area contributed by atoms with Crippen LogP contribution >= 0.6 is 0 Å². The smallest absolute Gasteiger partial charge is 0.119 e. The van der Waals surface area contributed by atoms with Gasteiger partial charge in [0.2, 0.25) is 0 Å². The average molecular weight is 324 g/mol. The molecule has 2 rings (SSSR count). The lowest BCUT2D eigenvalue weighted by molar-refractivity contribution is 0.149. The van der Waals surface area contributed by atoms with Gasteiger partial charge in [-0.3, -0.25) is 0 Å². The van der Waals surface area contributed by atoms with E-state index in [0.717, 1.165) is 18.8 Å². The van der Waals surface area contributed by atoms with Gasteiger partial charge in [0.15, 0.2) is 0 Å². The molecule has 0 aromatic heterocycles. The summed E-state index contributed by atoms with van der Waals surface area (Å²) in [6.07, 6.45) is 6.69. The third-order valence-corrected chi connectivity index (χ3v) is 3.91. The second-order valence-electron chi connectivity index (χ2n) is 5.93. The molecule has 0 fully saturated rings. The van der Waals surface area contributed by atoms with Crippen LogP contribution in [0.2, 0.25) is 0 Å². The lowest BCUT2D eigenvalue weighted by atomic mass is 10.0. The molecule has 128 valence electrons. The quantitative estimate of drug-likeness (QED) is 0.372. The van der Waals surface area contributed by atoms with Crippen molar-refractivity contribution >= 4 is 0 Å². The Morgan fingerprint density at radius 2 is 1.54 bits per heavy atom. The molecule has 0 aliphatic heterocycles. The van der Waals surface area contributed by atoms with Crippen molar-refractivity contribution in [3.63, 3.8) is 0 Å². The molecular weight excluding hydrogens is 296 g/mol. The molecule has 0 N–H and O–H groups in total. The van der Waals surface area contributed by atoms with E-state index in [0.29, 0.717) is 13.2 Å². The average Bonchev–Trinajstić information content (AvgIpc) is 2.63. The van der Waals surface area contributed by atoms with Crippen LogP contribution in [0.4, 0.5) is 0 Å². The van der Waals surface area contributed by atoms with Crippen molar-refractivity contribution in [2.75, 3.05) is 13.2 Å². The Hall–Kier alpha value is -2.06. The second kappa shape index (κ2) is 10.7. The van der Waals surface area contributed by atoms with Crippen molar-refractivity contribution in [2.45, 2.75) is 39.2 Å². The molecule has 0 heterocycles. The second-order valence-corrected chi connectivity index (χ2v) is 5.93. The predicted octanol–water partition coefficient (Wildman–Crippen LogP) is 6.02. The zero-order valence-corrected chi connectivity index (χ0v) is 14.7. The lowest BCUT2D eigenvalue weighted by Gasteiger charge is -2.08. The fourth-order valence-electron chi connectivity index (χ4n) is 2.52. The Labute approximate surface area is 146 Å². The summed E-state index contributed by atoms with van der Waals surface area (Å²) < 4.78 is 11.3. The topological polar surface area (TPSA) is 18.5 Å². The van der Waals surface area contributed by atoms with Crippen LogP contribution in [0.1, 0.15) is 38.2 Å². The van der Waals surface area contributed by atoms with Crippen molar-refractivity contribution in [2.24, 2.45) is 0 Å². The van der Waals surface area contributed by atoms with E-state index in [4.69, 9.17) is 9.47 Å². The van der Waals surface area contributed by atoms with Crippen molar-refractivity contribution in [3.05, 3.63) is 66.7 Å². The van der Waals surface area contributed by atoms with E-state index in [1.54, 1.807) is 6.08 Å². The number of ether oxygens (including phenoxy) is 2. The van der Waals surface area contributed by atoms with Gasteiger partial charge >= 0.3 is 0 Å². The first-order valence-corrected chi connectivity index (χ1v) is 8.84. The van der Waals surface area contributed by atoms with Gasteiger partial charge in [0, 0.05) is 0 Å². The zero-order chi connectivity index (χ0) is 17.0. The van der Waals surface area contributed by atoms with Gasteiger partial charge in [-0.1, -0.05) is 68.7 Å².